The van der Waals surface area contributed by atoms with Crippen molar-refractivity contribution in [1.82, 2.24) is 15.3 Å². The number of methoxy groups -OCH3 is 1. The van der Waals surface area contributed by atoms with Crippen LogP contribution in [0.2, 0.25) is 0 Å². The molecule has 1 rings (SSSR count). The molecule has 0 aromatic carbocycles. The maximum atomic E-state index is 5.18. The third-order valence-electron chi connectivity index (χ3n) is 2.34. The van der Waals surface area contributed by atoms with Gasteiger partial charge in [-0.15, -0.1) is 0 Å². The highest BCUT2D eigenvalue weighted by Gasteiger charge is 2.09. The molecular formula is C12H21N3O. The molecule has 1 aromatic rings. The molecular weight excluding hydrogens is 202 g/mol. The van der Waals surface area contributed by atoms with Crippen molar-refractivity contribution < 1.29 is 4.74 Å². The molecule has 1 heterocycles. The van der Waals surface area contributed by atoms with Crippen LogP contribution in [0.15, 0.2) is 6.07 Å². The van der Waals surface area contributed by atoms with Gasteiger partial charge in [-0.2, -0.15) is 0 Å². The molecule has 4 nitrogen and oxygen atoms in total. The van der Waals surface area contributed by atoms with Gasteiger partial charge in [0.2, 0.25) is 0 Å². The number of hydrogen-bond donors (Lipinski definition) is 1. The van der Waals surface area contributed by atoms with Gasteiger partial charge in [0.05, 0.1) is 6.61 Å². The number of hydrogen-bond acceptors (Lipinski definition) is 4. The number of aryl methyl sites for hydroxylation is 2. The summed E-state index contributed by atoms with van der Waals surface area (Å²) in [5.41, 5.74) is 2.10. The largest absolute Gasteiger partial charge is 0.383 e. The van der Waals surface area contributed by atoms with E-state index in [1.807, 2.05) is 19.9 Å². The van der Waals surface area contributed by atoms with Crippen LogP contribution < -0.4 is 5.32 Å². The van der Waals surface area contributed by atoms with Crippen LogP contribution >= 0.6 is 0 Å². The lowest BCUT2D eigenvalue weighted by molar-refractivity contribution is 0.166. The van der Waals surface area contributed by atoms with Gasteiger partial charge < -0.3 is 10.1 Å². The van der Waals surface area contributed by atoms with Crippen molar-refractivity contribution in [2.45, 2.75) is 33.2 Å². The number of nitrogens with one attached hydrogen (secondary N) is 1. The Labute approximate surface area is 97.5 Å². The van der Waals surface area contributed by atoms with E-state index in [0.717, 1.165) is 30.2 Å². The summed E-state index contributed by atoms with van der Waals surface area (Å²) in [6.45, 7) is 7.66. The first-order valence-electron chi connectivity index (χ1n) is 5.69. The third kappa shape index (κ3) is 4.24. The summed E-state index contributed by atoms with van der Waals surface area (Å²) >= 11 is 0. The Morgan fingerprint density at radius 1 is 1.38 bits per heavy atom. The Hall–Kier alpha value is -1.00. The average molecular weight is 223 g/mol. The van der Waals surface area contributed by atoms with E-state index in [1.54, 1.807) is 7.11 Å². The fourth-order valence-corrected chi connectivity index (χ4v) is 1.83. The van der Waals surface area contributed by atoms with Crippen molar-refractivity contribution in [2.24, 2.45) is 0 Å². The van der Waals surface area contributed by atoms with E-state index >= 15 is 0 Å². The number of nitrogens with zero attached hydrogens (tertiary/aromatic N) is 2. The Morgan fingerprint density at radius 2 is 2.12 bits per heavy atom. The Balaban J connectivity index is 2.68. The zero-order valence-corrected chi connectivity index (χ0v) is 10.6. The summed E-state index contributed by atoms with van der Waals surface area (Å²) in [6, 6.07) is 2.36. The van der Waals surface area contributed by atoms with Crippen molar-refractivity contribution in [2.75, 3.05) is 20.3 Å². The molecule has 1 N–H and O–H groups in total. The first-order chi connectivity index (χ1) is 7.65. The minimum atomic E-state index is 0.323. The topological polar surface area (TPSA) is 47.0 Å². The second kappa shape index (κ2) is 6.55. The monoisotopic (exact) mass is 223 g/mol. The van der Waals surface area contributed by atoms with Gasteiger partial charge in [-0.05, 0) is 26.5 Å². The number of aromatic nitrogens is 2. The van der Waals surface area contributed by atoms with E-state index in [-0.39, 0.29) is 0 Å². The van der Waals surface area contributed by atoms with Gasteiger partial charge in [0, 0.05) is 31.0 Å². The summed E-state index contributed by atoms with van der Waals surface area (Å²) in [7, 11) is 1.72. The molecule has 0 radical (unpaired) electrons. The van der Waals surface area contributed by atoms with Gasteiger partial charge in [0.25, 0.3) is 0 Å². The molecule has 1 aromatic heterocycles. The van der Waals surface area contributed by atoms with Crippen molar-refractivity contribution in [3.63, 3.8) is 0 Å². The highest BCUT2D eigenvalue weighted by Crippen LogP contribution is 2.04. The van der Waals surface area contributed by atoms with Crippen LogP contribution in [0.4, 0.5) is 0 Å². The van der Waals surface area contributed by atoms with Gasteiger partial charge in [0.15, 0.2) is 0 Å². The Morgan fingerprint density at radius 3 is 2.69 bits per heavy atom. The SMILES string of the molecule is CCNC(COC)Cc1cc(C)nc(C)n1. The lowest BCUT2D eigenvalue weighted by atomic mass is 10.1. The minimum Gasteiger partial charge on any atom is -0.383 e. The molecule has 0 saturated heterocycles. The molecule has 1 atom stereocenters. The fraction of sp³-hybridized carbons (Fsp3) is 0.667. The summed E-state index contributed by atoms with van der Waals surface area (Å²) in [5.74, 6) is 0.836. The molecule has 0 saturated carbocycles. The van der Waals surface area contributed by atoms with Gasteiger partial charge >= 0.3 is 0 Å². The molecule has 0 bridgehead atoms. The lowest BCUT2D eigenvalue weighted by Crippen LogP contribution is -2.35. The molecule has 1 unspecified atom stereocenters. The summed E-state index contributed by atoms with van der Waals surface area (Å²) < 4.78 is 5.18. The second-order valence-corrected chi connectivity index (χ2v) is 3.96. The van der Waals surface area contributed by atoms with Crippen LogP contribution in [-0.4, -0.2) is 36.3 Å². The minimum absolute atomic E-state index is 0.323. The quantitative estimate of drug-likeness (QED) is 0.788. The highest BCUT2D eigenvalue weighted by atomic mass is 16.5. The van der Waals surface area contributed by atoms with Gasteiger partial charge in [-0.25, -0.2) is 9.97 Å². The lowest BCUT2D eigenvalue weighted by Gasteiger charge is -2.16. The van der Waals surface area contributed by atoms with E-state index in [9.17, 15) is 0 Å². The van der Waals surface area contributed by atoms with E-state index in [0.29, 0.717) is 12.6 Å². The fourth-order valence-electron chi connectivity index (χ4n) is 1.83. The highest BCUT2D eigenvalue weighted by molar-refractivity contribution is 5.10. The summed E-state index contributed by atoms with van der Waals surface area (Å²) in [4.78, 5) is 8.70. The first kappa shape index (κ1) is 13.1. The Kier molecular flexibility index (Phi) is 5.35. The predicted octanol–water partition coefficient (Wildman–Crippen LogP) is 1.26. The van der Waals surface area contributed by atoms with Gasteiger partial charge in [-0.3, -0.25) is 0 Å². The van der Waals surface area contributed by atoms with Crippen LogP contribution in [0.25, 0.3) is 0 Å². The maximum absolute atomic E-state index is 5.18. The van der Waals surface area contributed by atoms with Crippen molar-refractivity contribution in [3.05, 3.63) is 23.3 Å². The summed E-state index contributed by atoms with van der Waals surface area (Å²) in [6.07, 6.45) is 0.881. The van der Waals surface area contributed by atoms with Crippen LogP contribution in [0.5, 0.6) is 0 Å². The number of ether oxygens (including phenoxy) is 1. The predicted molar refractivity (Wildman–Crippen MR) is 64.6 cm³/mol. The molecule has 0 amide bonds. The van der Waals surface area contributed by atoms with Gasteiger partial charge in [-0.1, -0.05) is 6.92 Å². The number of rotatable bonds is 6. The normalized spacial score (nSPS) is 12.8. The molecule has 0 aliphatic carbocycles. The standard InChI is InChI=1S/C12H21N3O/c1-5-13-12(8-16-4)7-11-6-9(2)14-10(3)15-11/h6,12-13H,5,7-8H2,1-4H3. The van der Waals surface area contributed by atoms with Gasteiger partial charge in [0.1, 0.15) is 5.82 Å². The first-order valence-corrected chi connectivity index (χ1v) is 5.69. The van der Waals surface area contributed by atoms with Crippen LogP contribution in [0.3, 0.4) is 0 Å². The van der Waals surface area contributed by atoms with Crippen LogP contribution in [-0.2, 0) is 11.2 Å². The molecule has 0 aliphatic rings. The van der Waals surface area contributed by atoms with E-state index in [4.69, 9.17) is 4.74 Å². The molecule has 4 heteroatoms. The second-order valence-electron chi connectivity index (χ2n) is 3.96. The third-order valence-corrected chi connectivity index (χ3v) is 2.34. The molecule has 16 heavy (non-hydrogen) atoms. The molecule has 0 aliphatic heterocycles. The van der Waals surface area contributed by atoms with Crippen molar-refractivity contribution in [1.29, 1.82) is 0 Å². The molecule has 0 spiro atoms. The zero-order valence-electron chi connectivity index (χ0n) is 10.6. The maximum Gasteiger partial charge on any atom is 0.125 e. The smallest absolute Gasteiger partial charge is 0.125 e. The van der Waals surface area contributed by atoms with Crippen molar-refractivity contribution in [3.8, 4) is 0 Å². The zero-order chi connectivity index (χ0) is 12.0. The average Bonchev–Trinajstić information content (AvgIpc) is 2.16. The van der Waals surface area contributed by atoms with Crippen molar-refractivity contribution >= 4 is 0 Å². The molecule has 90 valence electrons. The van der Waals surface area contributed by atoms with Crippen LogP contribution in [0, 0.1) is 13.8 Å². The Bertz CT molecular complexity index is 302. The molecule has 0 fully saturated rings. The summed E-state index contributed by atoms with van der Waals surface area (Å²) in [5, 5.41) is 3.39. The van der Waals surface area contributed by atoms with E-state index in [1.165, 1.54) is 0 Å². The number of likely N-dealkylation sites (N-methyl/N-ethyl adjacent to an activating group) is 1. The van der Waals surface area contributed by atoms with E-state index in [2.05, 4.69) is 22.2 Å². The van der Waals surface area contributed by atoms with E-state index < -0.39 is 0 Å². The van der Waals surface area contributed by atoms with Crippen LogP contribution in [0.1, 0.15) is 24.1 Å².